The molecule has 2 aromatic carbocycles. The van der Waals surface area contributed by atoms with Crippen molar-refractivity contribution in [1.82, 2.24) is 25.6 Å². The van der Waals surface area contributed by atoms with Crippen LogP contribution in [0.15, 0.2) is 41.8 Å². The normalized spacial score (nSPS) is 12.7. The number of amides is 3. The van der Waals surface area contributed by atoms with Crippen molar-refractivity contribution < 1.29 is 18.8 Å². The lowest BCUT2D eigenvalue weighted by molar-refractivity contribution is -0.145. The third-order valence-electron chi connectivity index (χ3n) is 6.73. The fourth-order valence-corrected chi connectivity index (χ4v) is 5.37. The number of hydrazine groups is 1. The molecule has 0 spiro atoms. The Balaban J connectivity index is 1.51. The molecular formula is C28H34FN7O3S. The highest BCUT2D eigenvalue weighted by atomic mass is 32.1. The molecule has 3 amide bonds. The first-order valence-corrected chi connectivity index (χ1v) is 13.9. The first-order valence-electron chi connectivity index (χ1n) is 13.0. The van der Waals surface area contributed by atoms with E-state index in [2.05, 4.69) is 15.6 Å². The molecule has 12 heteroatoms. The molecule has 0 unspecified atom stereocenters. The number of primary amides is 1. The van der Waals surface area contributed by atoms with Crippen molar-refractivity contribution in [3.05, 3.63) is 70.0 Å². The standard InChI is InChI=1S/C28H34FN7O3S/c1-4-31-9-10-32-25(37)15-35(16-26(38)34(3)36-13-20-5-7-22(29)12-21(20)14-36)24-8-6-19(11-18(24)2)28-33-23(17-40-28)27(30)39/h5-8,11-12,17,31H,4,9-10,13-16H2,1-3H3,(H2,30,39)(H,32,37). The van der Waals surface area contributed by atoms with Gasteiger partial charge in [-0.25, -0.2) is 14.4 Å². The van der Waals surface area contributed by atoms with Crippen molar-refractivity contribution in [1.29, 1.82) is 0 Å². The number of halogens is 1. The predicted molar refractivity (Wildman–Crippen MR) is 153 cm³/mol. The highest BCUT2D eigenvalue weighted by molar-refractivity contribution is 7.13. The van der Waals surface area contributed by atoms with Crippen LogP contribution in [0, 0.1) is 12.7 Å². The maximum Gasteiger partial charge on any atom is 0.268 e. The van der Waals surface area contributed by atoms with Gasteiger partial charge in [0, 0.05) is 49.9 Å². The molecule has 4 N–H and O–H groups in total. The van der Waals surface area contributed by atoms with E-state index in [-0.39, 0.29) is 36.4 Å². The number of hydrogen-bond donors (Lipinski definition) is 3. The van der Waals surface area contributed by atoms with Crippen LogP contribution in [0.2, 0.25) is 0 Å². The summed E-state index contributed by atoms with van der Waals surface area (Å²) in [6, 6.07) is 10.3. The average molecular weight is 568 g/mol. The molecule has 0 aliphatic carbocycles. The Kier molecular flexibility index (Phi) is 9.46. The Bertz CT molecular complexity index is 1400. The topological polar surface area (TPSA) is 124 Å². The summed E-state index contributed by atoms with van der Waals surface area (Å²) in [6.07, 6.45) is 0. The number of thiazole rings is 1. The van der Waals surface area contributed by atoms with E-state index in [1.807, 2.05) is 37.1 Å². The number of nitrogens with zero attached hydrogens (tertiary/aromatic N) is 4. The fourth-order valence-electron chi connectivity index (χ4n) is 4.57. The molecule has 0 saturated heterocycles. The number of anilines is 1. The van der Waals surface area contributed by atoms with Crippen LogP contribution in [-0.4, -0.2) is 72.5 Å². The minimum atomic E-state index is -0.587. The first-order chi connectivity index (χ1) is 19.2. The molecule has 1 aliphatic heterocycles. The van der Waals surface area contributed by atoms with Crippen molar-refractivity contribution >= 4 is 34.7 Å². The third kappa shape index (κ3) is 7.00. The Morgan fingerprint density at radius 2 is 1.88 bits per heavy atom. The Labute approximate surface area is 236 Å². The van der Waals surface area contributed by atoms with E-state index in [1.54, 1.807) is 28.4 Å². The fraction of sp³-hybridized carbons (Fsp3) is 0.357. The van der Waals surface area contributed by atoms with Crippen LogP contribution in [0.1, 0.15) is 34.1 Å². The molecule has 10 nitrogen and oxygen atoms in total. The van der Waals surface area contributed by atoms with Crippen LogP contribution < -0.4 is 21.3 Å². The van der Waals surface area contributed by atoms with Crippen molar-refractivity contribution in [2.45, 2.75) is 26.9 Å². The van der Waals surface area contributed by atoms with Gasteiger partial charge in [0.05, 0.1) is 13.1 Å². The molecule has 0 fully saturated rings. The van der Waals surface area contributed by atoms with Crippen LogP contribution in [-0.2, 0) is 22.7 Å². The van der Waals surface area contributed by atoms with Gasteiger partial charge in [-0.15, -0.1) is 11.3 Å². The van der Waals surface area contributed by atoms with E-state index in [4.69, 9.17) is 5.73 Å². The molecule has 0 bridgehead atoms. The molecule has 0 atom stereocenters. The maximum absolute atomic E-state index is 13.7. The predicted octanol–water partition coefficient (Wildman–Crippen LogP) is 2.28. The quantitative estimate of drug-likeness (QED) is 0.287. The van der Waals surface area contributed by atoms with E-state index in [1.165, 1.54) is 23.5 Å². The highest BCUT2D eigenvalue weighted by Gasteiger charge is 2.27. The highest BCUT2D eigenvalue weighted by Crippen LogP contribution is 2.30. The van der Waals surface area contributed by atoms with Crippen molar-refractivity contribution in [2.75, 3.05) is 44.7 Å². The van der Waals surface area contributed by atoms with E-state index in [0.717, 1.165) is 34.5 Å². The van der Waals surface area contributed by atoms with Gasteiger partial charge in [-0.05, 0) is 60.5 Å². The van der Waals surface area contributed by atoms with Gasteiger partial charge in [0.1, 0.15) is 16.5 Å². The first kappa shape index (κ1) is 29.1. The number of benzene rings is 2. The lowest BCUT2D eigenvalue weighted by atomic mass is 10.1. The summed E-state index contributed by atoms with van der Waals surface area (Å²) in [5, 5.41) is 11.7. The molecule has 1 aliphatic rings. The number of carbonyl (C=O) groups excluding carboxylic acids is 3. The van der Waals surface area contributed by atoms with Crippen LogP contribution in [0.5, 0.6) is 0 Å². The van der Waals surface area contributed by atoms with E-state index in [9.17, 15) is 18.8 Å². The van der Waals surface area contributed by atoms with Gasteiger partial charge in [0.2, 0.25) is 5.91 Å². The molecule has 3 aromatic rings. The summed E-state index contributed by atoms with van der Waals surface area (Å²) in [5.41, 5.74) is 9.75. The minimum absolute atomic E-state index is 0.0135. The Morgan fingerprint density at radius 3 is 2.58 bits per heavy atom. The second kappa shape index (κ2) is 13.0. The van der Waals surface area contributed by atoms with Crippen molar-refractivity contribution in [3.8, 4) is 10.6 Å². The summed E-state index contributed by atoms with van der Waals surface area (Å²) < 4.78 is 13.7. The van der Waals surface area contributed by atoms with Gasteiger partial charge in [-0.2, -0.15) is 0 Å². The van der Waals surface area contributed by atoms with Gasteiger partial charge >= 0.3 is 0 Å². The summed E-state index contributed by atoms with van der Waals surface area (Å²) in [5.74, 6) is -1.30. The smallest absolute Gasteiger partial charge is 0.268 e. The molecule has 0 radical (unpaired) electrons. The maximum atomic E-state index is 13.7. The molecule has 4 rings (SSSR count). The number of hydrogen-bond acceptors (Lipinski definition) is 8. The number of aryl methyl sites for hydroxylation is 1. The molecule has 1 aromatic heterocycles. The van der Waals surface area contributed by atoms with Crippen LogP contribution in [0.3, 0.4) is 0 Å². The zero-order chi connectivity index (χ0) is 28.8. The molecule has 212 valence electrons. The van der Waals surface area contributed by atoms with Gasteiger partial charge < -0.3 is 21.3 Å². The number of fused-ring (bicyclic) bond motifs is 1. The number of nitrogens with one attached hydrogen (secondary N) is 2. The zero-order valence-corrected chi connectivity index (χ0v) is 23.7. The van der Waals surface area contributed by atoms with Gasteiger partial charge in [-0.1, -0.05) is 13.0 Å². The van der Waals surface area contributed by atoms with E-state index >= 15 is 0 Å². The van der Waals surface area contributed by atoms with Crippen molar-refractivity contribution in [2.24, 2.45) is 5.73 Å². The van der Waals surface area contributed by atoms with Crippen LogP contribution in [0.4, 0.5) is 10.1 Å². The van der Waals surface area contributed by atoms with Gasteiger partial charge in [-0.3, -0.25) is 19.4 Å². The average Bonchev–Trinajstić information content (AvgIpc) is 3.58. The van der Waals surface area contributed by atoms with Gasteiger partial charge in [0.25, 0.3) is 11.8 Å². The zero-order valence-electron chi connectivity index (χ0n) is 22.9. The van der Waals surface area contributed by atoms with Crippen LogP contribution >= 0.6 is 11.3 Å². The SMILES string of the molecule is CCNCCNC(=O)CN(CC(=O)N(C)N1Cc2ccc(F)cc2C1)c1ccc(-c2nc(C(N)=O)cs2)cc1C. The van der Waals surface area contributed by atoms with Gasteiger partial charge in [0.15, 0.2) is 0 Å². The number of likely N-dealkylation sites (N-methyl/N-ethyl adjacent to an activating group) is 2. The lowest BCUT2D eigenvalue weighted by Crippen LogP contribution is -2.48. The minimum Gasteiger partial charge on any atom is -0.364 e. The Hall–Kier alpha value is -3.87. The third-order valence-corrected chi connectivity index (χ3v) is 7.63. The van der Waals surface area contributed by atoms with E-state index in [0.29, 0.717) is 31.2 Å². The molecule has 2 heterocycles. The van der Waals surface area contributed by atoms with Crippen molar-refractivity contribution in [3.63, 3.8) is 0 Å². The number of carbonyl (C=O) groups is 3. The second-order valence-electron chi connectivity index (χ2n) is 9.62. The van der Waals surface area contributed by atoms with Crippen LogP contribution in [0.25, 0.3) is 10.6 Å². The largest absolute Gasteiger partial charge is 0.364 e. The second-order valence-corrected chi connectivity index (χ2v) is 10.5. The monoisotopic (exact) mass is 567 g/mol. The summed E-state index contributed by atoms with van der Waals surface area (Å²) in [4.78, 5) is 43.8. The van der Waals surface area contributed by atoms with E-state index < -0.39 is 5.91 Å². The number of rotatable bonds is 12. The Morgan fingerprint density at radius 1 is 1.10 bits per heavy atom. The number of aromatic nitrogens is 1. The number of nitrogens with two attached hydrogens (primary N) is 1. The summed E-state index contributed by atoms with van der Waals surface area (Å²) in [7, 11) is 1.69. The molecular weight excluding hydrogens is 533 g/mol. The molecule has 0 saturated carbocycles. The summed E-state index contributed by atoms with van der Waals surface area (Å²) >= 11 is 1.32. The molecule has 40 heavy (non-hydrogen) atoms. The lowest BCUT2D eigenvalue weighted by Gasteiger charge is -2.32. The summed E-state index contributed by atoms with van der Waals surface area (Å²) in [6.45, 7) is 6.69.